The molecule has 0 aliphatic rings. The number of hydrogen-bond acceptors (Lipinski definition) is 3. The van der Waals surface area contributed by atoms with E-state index in [4.69, 9.17) is 9.47 Å². The largest absolute Gasteiger partial charge is 0.497 e. The number of benzene rings is 3. The molecule has 0 aliphatic carbocycles. The number of carboxylic acid groups (broad SMARTS) is 1. The van der Waals surface area contributed by atoms with Gasteiger partial charge in [-0.05, 0) is 46.5 Å². The molecule has 0 saturated carbocycles. The van der Waals surface area contributed by atoms with Crippen molar-refractivity contribution in [1.82, 2.24) is 0 Å². The fourth-order valence-electron chi connectivity index (χ4n) is 2.85. The van der Waals surface area contributed by atoms with Gasteiger partial charge in [-0.1, -0.05) is 42.5 Å². The second kappa shape index (κ2) is 7.09. The smallest absolute Gasteiger partial charge is 0.336 e. The molecule has 0 spiro atoms. The third-order valence-corrected chi connectivity index (χ3v) is 4.04. The van der Waals surface area contributed by atoms with Crippen LogP contribution >= 0.6 is 0 Å². The zero-order chi connectivity index (χ0) is 17.8. The van der Waals surface area contributed by atoms with Crippen LogP contribution in [0.5, 0.6) is 11.5 Å². The molecule has 4 heteroatoms. The van der Waals surface area contributed by atoms with E-state index < -0.39 is 5.97 Å². The Morgan fingerprint density at radius 2 is 1.20 bits per heavy atom. The minimum absolute atomic E-state index is 0.254. The van der Waals surface area contributed by atoms with Crippen molar-refractivity contribution in [2.45, 2.75) is 0 Å². The molecule has 3 rings (SSSR count). The summed E-state index contributed by atoms with van der Waals surface area (Å²) >= 11 is 0. The fraction of sp³-hybridized carbons (Fsp3) is 0.0952. The van der Waals surface area contributed by atoms with Crippen LogP contribution in [0.15, 0.2) is 66.7 Å². The maximum Gasteiger partial charge on any atom is 0.336 e. The topological polar surface area (TPSA) is 55.8 Å². The first-order valence-corrected chi connectivity index (χ1v) is 7.79. The number of ether oxygens (including phenoxy) is 2. The highest BCUT2D eigenvalue weighted by Gasteiger charge is 2.18. The van der Waals surface area contributed by atoms with Gasteiger partial charge in [0.05, 0.1) is 19.8 Å². The number of carbonyl (C=O) groups is 1. The summed E-state index contributed by atoms with van der Waals surface area (Å²) in [6.07, 6.45) is 0. The second-order valence-electron chi connectivity index (χ2n) is 5.50. The minimum atomic E-state index is -0.976. The maximum absolute atomic E-state index is 12.0. The summed E-state index contributed by atoms with van der Waals surface area (Å²) in [6, 6.07) is 20.2. The van der Waals surface area contributed by atoms with Gasteiger partial charge in [-0.15, -0.1) is 0 Å². The van der Waals surface area contributed by atoms with Gasteiger partial charge in [0.1, 0.15) is 11.5 Å². The third kappa shape index (κ3) is 3.33. The average molecular weight is 334 g/mol. The second-order valence-corrected chi connectivity index (χ2v) is 5.50. The number of hydrogen-bond donors (Lipinski definition) is 1. The van der Waals surface area contributed by atoms with Gasteiger partial charge in [0, 0.05) is 0 Å². The van der Waals surface area contributed by atoms with Gasteiger partial charge in [-0.25, -0.2) is 4.79 Å². The minimum Gasteiger partial charge on any atom is -0.497 e. The van der Waals surface area contributed by atoms with Crippen LogP contribution < -0.4 is 9.47 Å². The molecule has 4 nitrogen and oxygen atoms in total. The Balaban J connectivity index is 2.22. The van der Waals surface area contributed by atoms with E-state index in [2.05, 4.69) is 0 Å². The molecule has 126 valence electrons. The molecule has 3 aromatic carbocycles. The van der Waals surface area contributed by atoms with Crippen LogP contribution in [-0.2, 0) is 0 Å². The number of methoxy groups -OCH3 is 2. The quantitative estimate of drug-likeness (QED) is 0.732. The maximum atomic E-state index is 12.0. The monoisotopic (exact) mass is 334 g/mol. The van der Waals surface area contributed by atoms with E-state index in [0.29, 0.717) is 22.6 Å². The summed E-state index contributed by atoms with van der Waals surface area (Å²) in [5, 5.41) is 9.86. The van der Waals surface area contributed by atoms with Crippen molar-refractivity contribution < 1.29 is 19.4 Å². The SMILES string of the molecule is COc1cccc(-c2cccc(-c3cccc(OC)c3)c2C(=O)O)c1. The first-order valence-electron chi connectivity index (χ1n) is 7.79. The summed E-state index contributed by atoms with van der Waals surface area (Å²) in [7, 11) is 3.17. The van der Waals surface area contributed by atoms with E-state index in [9.17, 15) is 9.90 Å². The normalized spacial score (nSPS) is 10.3. The van der Waals surface area contributed by atoms with Crippen LogP contribution in [0.2, 0.25) is 0 Å². The van der Waals surface area contributed by atoms with Gasteiger partial charge in [0.2, 0.25) is 0 Å². The van der Waals surface area contributed by atoms with Gasteiger partial charge in [0.25, 0.3) is 0 Å². The van der Waals surface area contributed by atoms with Crippen molar-refractivity contribution in [3.63, 3.8) is 0 Å². The van der Waals surface area contributed by atoms with Crippen molar-refractivity contribution in [1.29, 1.82) is 0 Å². The lowest BCUT2D eigenvalue weighted by Gasteiger charge is -2.13. The predicted octanol–water partition coefficient (Wildman–Crippen LogP) is 4.74. The zero-order valence-electron chi connectivity index (χ0n) is 14.0. The summed E-state index contributed by atoms with van der Waals surface area (Å²) in [5.74, 6) is 0.387. The van der Waals surface area contributed by atoms with E-state index in [0.717, 1.165) is 11.1 Å². The molecule has 25 heavy (non-hydrogen) atoms. The van der Waals surface area contributed by atoms with E-state index in [1.165, 1.54) is 0 Å². The standard InChI is InChI=1S/C21H18O4/c1-24-16-8-3-6-14(12-16)18-10-5-11-19(20(18)21(22)23)15-7-4-9-17(13-15)25-2/h3-13H,1-2H3,(H,22,23). The van der Waals surface area contributed by atoms with Crippen molar-refractivity contribution in [2.24, 2.45) is 0 Å². The lowest BCUT2D eigenvalue weighted by Crippen LogP contribution is -2.03. The Kier molecular flexibility index (Phi) is 4.70. The first kappa shape index (κ1) is 16.6. The zero-order valence-corrected chi connectivity index (χ0v) is 14.0. The van der Waals surface area contributed by atoms with Gasteiger partial charge in [-0.3, -0.25) is 0 Å². The Hall–Kier alpha value is -3.27. The molecule has 1 N–H and O–H groups in total. The summed E-state index contributed by atoms with van der Waals surface area (Å²) in [4.78, 5) is 12.0. The van der Waals surface area contributed by atoms with Crippen molar-refractivity contribution in [2.75, 3.05) is 14.2 Å². The lowest BCUT2D eigenvalue weighted by molar-refractivity contribution is 0.0698. The molecule has 0 aromatic heterocycles. The molecule has 0 unspecified atom stereocenters. The highest BCUT2D eigenvalue weighted by atomic mass is 16.5. The summed E-state index contributed by atoms with van der Waals surface area (Å²) in [5.41, 5.74) is 3.13. The molecule has 0 radical (unpaired) electrons. The van der Waals surface area contributed by atoms with Crippen molar-refractivity contribution in [3.05, 3.63) is 72.3 Å². The molecule has 0 fully saturated rings. The Bertz CT molecular complexity index is 850. The summed E-state index contributed by atoms with van der Waals surface area (Å²) < 4.78 is 10.5. The summed E-state index contributed by atoms with van der Waals surface area (Å²) in [6.45, 7) is 0. The van der Waals surface area contributed by atoms with Crippen molar-refractivity contribution >= 4 is 5.97 Å². The molecular formula is C21H18O4. The van der Waals surface area contributed by atoms with Crippen LogP contribution in [0, 0.1) is 0 Å². The number of aromatic carboxylic acids is 1. The molecule has 0 amide bonds. The Morgan fingerprint density at radius 3 is 1.60 bits per heavy atom. The Morgan fingerprint density at radius 1 is 0.760 bits per heavy atom. The van der Waals surface area contributed by atoms with Crippen LogP contribution in [-0.4, -0.2) is 25.3 Å². The van der Waals surface area contributed by atoms with Crippen molar-refractivity contribution in [3.8, 4) is 33.8 Å². The first-order chi connectivity index (χ1) is 12.1. The average Bonchev–Trinajstić information content (AvgIpc) is 2.67. The highest BCUT2D eigenvalue weighted by Crippen LogP contribution is 2.34. The molecule has 0 atom stereocenters. The van der Waals surface area contributed by atoms with Gasteiger partial charge in [-0.2, -0.15) is 0 Å². The molecule has 0 bridgehead atoms. The van der Waals surface area contributed by atoms with Crippen LogP contribution in [0.4, 0.5) is 0 Å². The van der Waals surface area contributed by atoms with E-state index in [-0.39, 0.29) is 5.56 Å². The third-order valence-electron chi connectivity index (χ3n) is 4.04. The van der Waals surface area contributed by atoms with Crippen LogP contribution in [0.3, 0.4) is 0 Å². The van der Waals surface area contributed by atoms with Crippen LogP contribution in [0.25, 0.3) is 22.3 Å². The number of carboxylic acids is 1. The van der Waals surface area contributed by atoms with Gasteiger partial charge >= 0.3 is 5.97 Å². The molecule has 0 aliphatic heterocycles. The Labute approximate surface area is 146 Å². The lowest BCUT2D eigenvalue weighted by atomic mass is 9.91. The predicted molar refractivity (Wildman–Crippen MR) is 97.4 cm³/mol. The molecule has 3 aromatic rings. The van der Waals surface area contributed by atoms with E-state index in [1.54, 1.807) is 14.2 Å². The fourth-order valence-corrected chi connectivity index (χ4v) is 2.85. The molecule has 0 saturated heterocycles. The van der Waals surface area contributed by atoms with Gasteiger partial charge < -0.3 is 14.6 Å². The molecule has 0 heterocycles. The van der Waals surface area contributed by atoms with Crippen LogP contribution in [0.1, 0.15) is 10.4 Å². The molecular weight excluding hydrogens is 316 g/mol. The van der Waals surface area contributed by atoms with Gasteiger partial charge in [0.15, 0.2) is 0 Å². The van der Waals surface area contributed by atoms with E-state index in [1.807, 2.05) is 66.7 Å². The van der Waals surface area contributed by atoms with E-state index >= 15 is 0 Å². The highest BCUT2D eigenvalue weighted by molar-refractivity contribution is 6.03. The number of rotatable bonds is 5.